The van der Waals surface area contributed by atoms with Crippen LogP contribution in [0, 0.1) is 0 Å². The van der Waals surface area contributed by atoms with Crippen molar-refractivity contribution in [2.24, 2.45) is 0 Å². The molecule has 244 valence electrons. The number of rotatable bonds is 2. The van der Waals surface area contributed by atoms with Gasteiger partial charge in [-0.05, 0) is 101 Å². The van der Waals surface area contributed by atoms with E-state index in [0.717, 1.165) is 10.9 Å². The first-order valence-corrected chi connectivity index (χ1v) is 18.3. The summed E-state index contributed by atoms with van der Waals surface area (Å²) in [5.41, 5.74) is 6.49. The third-order valence-electron chi connectivity index (χ3n) is 12.4. The van der Waals surface area contributed by atoms with E-state index in [1.807, 2.05) is 0 Å². The van der Waals surface area contributed by atoms with Gasteiger partial charge in [-0.15, -0.1) is 0 Å². The van der Waals surface area contributed by atoms with E-state index in [1.54, 1.807) is 0 Å². The Hall–Kier alpha value is -1.59. The molecule has 4 nitrogen and oxygen atoms in total. The lowest BCUT2D eigenvalue weighted by molar-refractivity contribution is 0.00578. The van der Waals surface area contributed by atoms with Gasteiger partial charge in [-0.2, -0.15) is 0 Å². The van der Waals surface area contributed by atoms with Crippen LogP contribution in [0.25, 0.3) is 11.1 Å². The number of fused-ring (bicyclic) bond motifs is 5. The molecule has 2 aromatic rings. The molecular weight excluding hydrogens is 554 g/mol. The van der Waals surface area contributed by atoms with Crippen LogP contribution in [0.15, 0.2) is 36.4 Å². The Bertz CT molecular complexity index is 1230. The molecule has 1 saturated carbocycles. The van der Waals surface area contributed by atoms with Crippen LogP contribution in [0.1, 0.15) is 156 Å². The van der Waals surface area contributed by atoms with Crippen LogP contribution in [0.4, 0.5) is 0 Å². The second-order valence-corrected chi connectivity index (χ2v) is 16.6. The van der Waals surface area contributed by atoms with Gasteiger partial charge in [0.25, 0.3) is 0 Å². The number of benzene rings is 2. The van der Waals surface area contributed by atoms with E-state index in [-0.39, 0.29) is 42.1 Å². The predicted molar refractivity (Wildman–Crippen MR) is 189 cm³/mol. The SMILES string of the molecule is CC1(C)OB(c2ccc3c(c2)C2(CCCCCCCCCCCCCC2)c2cc(B4OC(C)(C)C(C)(C)O4)ccc2-3)OC1(C)C. The molecule has 6 rings (SSSR count). The minimum atomic E-state index is -0.363. The molecule has 3 fully saturated rings. The number of hydrogen-bond acceptors (Lipinski definition) is 4. The highest BCUT2D eigenvalue weighted by atomic mass is 16.7. The van der Waals surface area contributed by atoms with Gasteiger partial charge >= 0.3 is 14.2 Å². The van der Waals surface area contributed by atoms with Crippen molar-refractivity contribution in [2.75, 3.05) is 0 Å². The van der Waals surface area contributed by atoms with Gasteiger partial charge in [0, 0.05) is 5.41 Å². The molecule has 2 saturated heterocycles. The monoisotopic (exact) mass is 612 g/mol. The third kappa shape index (κ3) is 6.23. The highest BCUT2D eigenvalue weighted by Gasteiger charge is 2.54. The average molecular weight is 613 g/mol. The van der Waals surface area contributed by atoms with Crippen molar-refractivity contribution in [2.45, 2.75) is 173 Å². The lowest BCUT2D eigenvalue weighted by Crippen LogP contribution is -2.41. The Kier molecular flexibility index (Phi) is 9.22. The second kappa shape index (κ2) is 12.5. The topological polar surface area (TPSA) is 36.9 Å². The van der Waals surface area contributed by atoms with Crippen molar-refractivity contribution in [3.8, 4) is 11.1 Å². The third-order valence-corrected chi connectivity index (χ3v) is 12.4. The quantitative estimate of drug-likeness (QED) is 0.317. The van der Waals surface area contributed by atoms with Gasteiger partial charge in [0.2, 0.25) is 0 Å². The molecule has 2 aliphatic carbocycles. The Morgan fingerprint density at radius 3 is 1.02 bits per heavy atom. The first-order valence-electron chi connectivity index (χ1n) is 18.3. The van der Waals surface area contributed by atoms with Crippen LogP contribution in [-0.2, 0) is 24.0 Å². The Morgan fingerprint density at radius 1 is 0.422 bits per heavy atom. The molecule has 0 bridgehead atoms. The largest absolute Gasteiger partial charge is 0.494 e. The minimum Gasteiger partial charge on any atom is -0.399 e. The van der Waals surface area contributed by atoms with Crippen molar-refractivity contribution in [1.29, 1.82) is 0 Å². The summed E-state index contributed by atoms with van der Waals surface area (Å²) in [6.45, 7) is 17.2. The summed E-state index contributed by atoms with van der Waals surface area (Å²) in [5, 5.41) is 0. The summed E-state index contributed by atoms with van der Waals surface area (Å²) < 4.78 is 26.3. The van der Waals surface area contributed by atoms with E-state index in [4.69, 9.17) is 18.6 Å². The summed E-state index contributed by atoms with van der Waals surface area (Å²) in [6.07, 6.45) is 18.5. The molecular formula is C39H58B2O4. The normalized spacial score (nSPS) is 25.9. The fourth-order valence-electron chi connectivity index (χ4n) is 8.07. The zero-order chi connectivity index (χ0) is 32.1. The summed E-state index contributed by atoms with van der Waals surface area (Å²) in [4.78, 5) is 0. The first kappa shape index (κ1) is 33.3. The molecule has 2 heterocycles. The van der Waals surface area contributed by atoms with E-state index < -0.39 is 0 Å². The van der Waals surface area contributed by atoms with Gasteiger partial charge in [0.05, 0.1) is 22.4 Å². The highest BCUT2D eigenvalue weighted by molar-refractivity contribution is 6.62. The van der Waals surface area contributed by atoms with Gasteiger partial charge < -0.3 is 18.6 Å². The molecule has 0 radical (unpaired) electrons. The van der Waals surface area contributed by atoms with Crippen molar-refractivity contribution in [1.82, 2.24) is 0 Å². The molecule has 1 spiro atoms. The smallest absolute Gasteiger partial charge is 0.399 e. The first-order chi connectivity index (χ1) is 21.3. The zero-order valence-corrected chi connectivity index (χ0v) is 29.7. The molecule has 0 aromatic heterocycles. The Labute approximate surface area is 275 Å². The highest BCUT2D eigenvalue weighted by Crippen LogP contribution is 2.54. The van der Waals surface area contributed by atoms with Crippen molar-refractivity contribution in [3.05, 3.63) is 47.5 Å². The van der Waals surface area contributed by atoms with Crippen LogP contribution in [0.3, 0.4) is 0 Å². The standard InChI is InChI=1S/C39H58B2O4/c1-35(2)36(3,4)43-40(42-35)29-21-23-31-32-24-22-30(41-44-37(5,6)38(7,8)45-41)28-34(32)39(33(31)27-29)25-19-17-15-13-11-9-10-12-14-16-18-20-26-39/h21-24,27-28H,9-20,25-26H2,1-8H3. The Morgan fingerprint density at radius 2 is 0.711 bits per heavy atom. The van der Waals surface area contributed by atoms with Crippen LogP contribution in [0.5, 0.6) is 0 Å². The van der Waals surface area contributed by atoms with E-state index >= 15 is 0 Å². The minimum absolute atomic E-state index is 0.0376. The van der Waals surface area contributed by atoms with Gasteiger partial charge in [0.1, 0.15) is 0 Å². The molecule has 45 heavy (non-hydrogen) atoms. The van der Waals surface area contributed by atoms with Crippen LogP contribution >= 0.6 is 0 Å². The maximum atomic E-state index is 6.58. The van der Waals surface area contributed by atoms with Crippen molar-refractivity contribution in [3.63, 3.8) is 0 Å². The van der Waals surface area contributed by atoms with E-state index in [1.165, 1.54) is 112 Å². The second-order valence-electron chi connectivity index (χ2n) is 16.6. The predicted octanol–water partition coefficient (Wildman–Crippen LogP) is 9.03. The summed E-state index contributed by atoms with van der Waals surface area (Å²) >= 11 is 0. The maximum absolute atomic E-state index is 6.58. The summed E-state index contributed by atoms with van der Waals surface area (Å²) in [5.74, 6) is 0. The van der Waals surface area contributed by atoms with Crippen molar-refractivity contribution < 1.29 is 18.6 Å². The lowest BCUT2D eigenvalue weighted by atomic mass is 9.67. The van der Waals surface area contributed by atoms with Gasteiger partial charge in [0.15, 0.2) is 0 Å². The fourth-order valence-corrected chi connectivity index (χ4v) is 8.07. The maximum Gasteiger partial charge on any atom is 0.494 e. The lowest BCUT2D eigenvalue weighted by Gasteiger charge is -2.33. The van der Waals surface area contributed by atoms with Gasteiger partial charge in [-0.1, -0.05) is 113 Å². The van der Waals surface area contributed by atoms with E-state index in [9.17, 15) is 0 Å². The molecule has 0 amide bonds. The zero-order valence-electron chi connectivity index (χ0n) is 29.7. The van der Waals surface area contributed by atoms with Crippen molar-refractivity contribution >= 4 is 25.2 Å². The van der Waals surface area contributed by atoms with Gasteiger partial charge in [-0.3, -0.25) is 0 Å². The molecule has 2 aromatic carbocycles. The molecule has 0 atom stereocenters. The fraction of sp³-hybridized carbons (Fsp3) is 0.692. The van der Waals surface area contributed by atoms with Crippen LogP contribution < -0.4 is 10.9 Å². The molecule has 0 N–H and O–H groups in total. The summed E-state index contributed by atoms with van der Waals surface area (Å²) in [7, 11) is -0.715. The molecule has 0 unspecified atom stereocenters. The van der Waals surface area contributed by atoms with E-state index in [0.29, 0.717) is 0 Å². The molecule has 2 aliphatic heterocycles. The van der Waals surface area contributed by atoms with Crippen LogP contribution in [0.2, 0.25) is 0 Å². The van der Waals surface area contributed by atoms with Gasteiger partial charge in [-0.25, -0.2) is 0 Å². The summed E-state index contributed by atoms with van der Waals surface area (Å²) in [6, 6.07) is 14.1. The Balaban J connectivity index is 1.41. The molecule has 4 aliphatic rings. The number of hydrogen-bond donors (Lipinski definition) is 0. The molecule has 6 heteroatoms. The van der Waals surface area contributed by atoms with Crippen LogP contribution in [-0.4, -0.2) is 36.6 Å². The van der Waals surface area contributed by atoms with E-state index in [2.05, 4.69) is 91.8 Å². The average Bonchev–Trinajstić information content (AvgIpc) is 3.46.